The van der Waals surface area contributed by atoms with Gasteiger partial charge in [-0.2, -0.15) is 0 Å². The molecule has 8 rings (SSSR count). The highest BCUT2D eigenvalue weighted by atomic mass is 79.9. The Hall–Kier alpha value is -3.38. The third-order valence-corrected chi connectivity index (χ3v) is 12.9. The average molecular weight is 723 g/mol. The zero-order valence-electron chi connectivity index (χ0n) is 23.4. The summed E-state index contributed by atoms with van der Waals surface area (Å²) >= 11 is 12.2. The average Bonchev–Trinajstić information content (AvgIpc) is 3.77. The number of anilines is 2. The van der Waals surface area contributed by atoms with Crippen molar-refractivity contribution < 1.29 is 19.1 Å². The van der Waals surface area contributed by atoms with E-state index < -0.39 is 5.92 Å². The van der Waals surface area contributed by atoms with Gasteiger partial charge in [0.15, 0.2) is 6.61 Å². The first kappa shape index (κ1) is 29.1. The fourth-order valence-electron chi connectivity index (χ4n) is 7.95. The number of hydrogen-bond acceptors (Lipinski definition) is 7. The van der Waals surface area contributed by atoms with Crippen molar-refractivity contribution in [2.45, 2.75) is 22.6 Å². The molecule has 4 aromatic rings. The molecule has 6 unspecified atom stereocenters. The second kappa shape index (κ2) is 11.2. The molecule has 3 amide bonds. The van der Waals surface area contributed by atoms with Crippen LogP contribution in [0.15, 0.2) is 87.1 Å². The van der Waals surface area contributed by atoms with Crippen molar-refractivity contribution in [3.05, 3.63) is 102 Å². The monoisotopic (exact) mass is 721 g/mol. The largest absolute Gasteiger partial charge is 0.483 e. The zero-order valence-corrected chi connectivity index (χ0v) is 27.4. The molecular formula is C33H25BrClN3O5S2. The third-order valence-electron chi connectivity index (χ3n) is 9.55. The van der Waals surface area contributed by atoms with E-state index in [-0.39, 0.29) is 64.0 Å². The summed E-state index contributed by atoms with van der Waals surface area (Å²) in [7, 11) is 0. The van der Waals surface area contributed by atoms with Gasteiger partial charge < -0.3 is 15.0 Å². The van der Waals surface area contributed by atoms with Gasteiger partial charge in [0.25, 0.3) is 5.91 Å². The van der Waals surface area contributed by atoms with Gasteiger partial charge >= 0.3 is 4.87 Å². The molecule has 45 heavy (non-hydrogen) atoms. The Labute approximate surface area is 279 Å². The minimum Gasteiger partial charge on any atom is -0.483 e. The van der Waals surface area contributed by atoms with Crippen LogP contribution in [-0.2, 0) is 14.4 Å². The first-order chi connectivity index (χ1) is 21.8. The Morgan fingerprint density at radius 1 is 0.978 bits per heavy atom. The maximum Gasteiger partial charge on any atom is 0.305 e. The maximum atomic E-state index is 14.0. The lowest BCUT2D eigenvalue weighted by molar-refractivity contribution is -0.123. The van der Waals surface area contributed by atoms with Gasteiger partial charge in [0.2, 0.25) is 11.8 Å². The van der Waals surface area contributed by atoms with Crippen LogP contribution in [0, 0.1) is 29.6 Å². The molecule has 2 N–H and O–H groups in total. The van der Waals surface area contributed by atoms with Crippen LogP contribution < -0.4 is 19.8 Å². The van der Waals surface area contributed by atoms with Gasteiger partial charge in [-0.05, 0) is 78.8 Å². The molecule has 2 aliphatic carbocycles. The molecule has 2 aliphatic heterocycles. The zero-order chi connectivity index (χ0) is 31.0. The van der Waals surface area contributed by atoms with Crippen molar-refractivity contribution in [3.63, 3.8) is 0 Å². The van der Waals surface area contributed by atoms with E-state index in [1.165, 1.54) is 16.2 Å². The Morgan fingerprint density at radius 2 is 1.69 bits per heavy atom. The summed E-state index contributed by atoms with van der Waals surface area (Å²) in [5, 5.41) is 4.26. The highest BCUT2D eigenvalue weighted by molar-refractivity contribution is 9.10. The number of nitrogens with zero attached hydrogens (tertiary/aromatic N) is 1. The minimum atomic E-state index is -0.411. The number of ether oxygens (including phenoxy) is 1. The van der Waals surface area contributed by atoms with Gasteiger partial charge in [0.05, 0.1) is 22.5 Å². The Balaban J connectivity index is 1.12. The van der Waals surface area contributed by atoms with Gasteiger partial charge in [-0.1, -0.05) is 57.1 Å². The number of fused-ring (bicyclic) bond motifs is 9. The van der Waals surface area contributed by atoms with E-state index >= 15 is 0 Å². The van der Waals surface area contributed by atoms with E-state index in [4.69, 9.17) is 16.3 Å². The molecule has 3 heterocycles. The van der Waals surface area contributed by atoms with Crippen LogP contribution in [0.25, 0.3) is 0 Å². The van der Waals surface area contributed by atoms with Crippen LogP contribution in [0.4, 0.5) is 11.4 Å². The molecule has 0 radical (unpaired) electrons. The Bertz CT molecular complexity index is 1910. The molecule has 8 nitrogen and oxygen atoms in total. The molecule has 2 saturated carbocycles. The number of amides is 3. The van der Waals surface area contributed by atoms with Crippen LogP contribution in [0.5, 0.6) is 5.75 Å². The second-order valence-corrected chi connectivity index (χ2v) is 15.4. The van der Waals surface area contributed by atoms with Crippen molar-refractivity contribution in [1.82, 2.24) is 4.98 Å². The van der Waals surface area contributed by atoms with E-state index in [9.17, 15) is 19.2 Å². The first-order valence-electron chi connectivity index (χ1n) is 14.6. The summed E-state index contributed by atoms with van der Waals surface area (Å²) in [5.74, 6) is -1.08. The van der Waals surface area contributed by atoms with Gasteiger partial charge in [0.1, 0.15) is 5.75 Å². The molecule has 228 valence electrons. The minimum absolute atomic E-state index is 0.00387. The van der Waals surface area contributed by atoms with Crippen molar-refractivity contribution in [1.29, 1.82) is 0 Å². The van der Waals surface area contributed by atoms with Crippen LogP contribution in [-0.4, -0.2) is 34.6 Å². The summed E-state index contributed by atoms with van der Waals surface area (Å²) in [6.07, 6.45) is 0.783. The van der Waals surface area contributed by atoms with Gasteiger partial charge in [-0.25, -0.2) is 0 Å². The van der Waals surface area contributed by atoms with E-state index in [1.807, 2.05) is 36.4 Å². The second-order valence-electron chi connectivity index (χ2n) is 11.8. The summed E-state index contributed by atoms with van der Waals surface area (Å²) < 4.78 is 7.02. The lowest BCUT2D eigenvalue weighted by atomic mass is 9.68. The molecule has 3 fully saturated rings. The molecular weight excluding hydrogens is 698 g/mol. The number of carbonyl (C=O) groups is 3. The number of thioether (sulfide) groups is 1. The normalized spacial score (nSPS) is 27.7. The van der Waals surface area contributed by atoms with Crippen LogP contribution >= 0.6 is 50.6 Å². The number of H-pyrrole nitrogens is 1. The molecule has 1 aromatic heterocycles. The van der Waals surface area contributed by atoms with Crippen molar-refractivity contribution in [2.75, 3.05) is 16.8 Å². The summed E-state index contributed by atoms with van der Waals surface area (Å²) in [4.78, 5) is 58.6. The number of aromatic amines is 1. The van der Waals surface area contributed by atoms with Crippen LogP contribution in [0.2, 0.25) is 5.02 Å². The van der Waals surface area contributed by atoms with E-state index in [0.717, 1.165) is 26.4 Å². The molecule has 0 spiro atoms. The number of benzene rings is 3. The smallest absolute Gasteiger partial charge is 0.305 e. The van der Waals surface area contributed by atoms with Crippen molar-refractivity contribution in [3.8, 4) is 5.75 Å². The number of imide groups is 1. The molecule has 3 aromatic carbocycles. The lowest BCUT2D eigenvalue weighted by Crippen LogP contribution is -2.42. The van der Waals surface area contributed by atoms with Gasteiger partial charge in [-0.3, -0.25) is 24.1 Å². The molecule has 4 aliphatic rings. The lowest BCUT2D eigenvalue weighted by Gasteiger charge is -2.43. The first-order valence-corrected chi connectivity index (χ1v) is 17.5. The van der Waals surface area contributed by atoms with Gasteiger partial charge in [-0.15, -0.1) is 11.8 Å². The van der Waals surface area contributed by atoms with E-state index in [0.29, 0.717) is 22.1 Å². The molecule has 2 bridgehead atoms. The summed E-state index contributed by atoms with van der Waals surface area (Å²) in [6, 6.07) is 21.7. The Morgan fingerprint density at radius 3 is 2.44 bits per heavy atom. The molecule has 7 atom stereocenters. The predicted molar refractivity (Wildman–Crippen MR) is 177 cm³/mol. The van der Waals surface area contributed by atoms with E-state index in [2.05, 4.69) is 26.2 Å². The third kappa shape index (κ3) is 4.78. The predicted octanol–water partition coefficient (Wildman–Crippen LogP) is 6.55. The number of para-hydroxylation sites is 1. The number of carbonyl (C=O) groups excluding carboxylic acids is 3. The molecule has 12 heteroatoms. The highest BCUT2D eigenvalue weighted by Crippen LogP contribution is 2.69. The number of rotatable bonds is 6. The maximum absolute atomic E-state index is 14.0. The highest BCUT2D eigenvalue weighted by Gasteiger charge is 2.69. The van der Waals surface area contributed by atoms with Gasteiger partial charge in [0, 0.05) is 36.8 Å². The fourth-order valence-corrected chi connectivity index (χ4v) is 11.2. The van der Waals surface area contributed by atoms with Crippen LogP contribution in [0.1, 0.15) is 22.8 Å². The number of aromatic nitrogens is 1. The molecule has 1 saturated heterocycles. The number of nitrogens with one attached hydrogen (secondary N) is 2. The summed E-state index contributed by atoms with van der Waals surface area (Å²) in [5.41, 5.74) is 2.07. The fraction of sp³-hybridized carbons (Fsp3) is 0.273. The number of hydrogen-bond donors (Lipinski definition) is 2. The Kier molecular flexibility index (Phi) is 7.20. The van der Waals surface area contributed by atoms with Crippen molar-refractivity contribution >= 4 is 79.7 Å². The standard InChI is InChI=1S/C33H25BrClN3O5S2/c34-15-5-11-18(12-6-15)38-31(40)26-20-13-21(27(26)32(38)41)28-25(20)24(29-30(44-28)37-33(42)45-29)19-3-1-2-4-22(19)43-14-23(39)36-17-9-7-16(35)8-10-17/h1-12,20-21,24-28H,13-14H2,(H,36,39)(H,37,42)/t20?,21?,24-,25?,26?,27?,28?/m1/s1. The number of halogens is 2. The topological polar surface area (TPSA) is 109 Å². The van der Waals surface area contributed by atoms with Crippen molar-refractivity contribution in [2.24, 2.45) is 29.6 Å². The van der Waals surface area contributed by atoms with Crippen LogP contribution in [0.3, 0.4) is 0 Å². The SMILES string of the molecule is O=C(COc1ccccc1[C@H]1c2sc(=O)[nH]c2SC2C3CC(C4C(=O)N(c5ccc(Br)cc5)C(=O)C34)C21)Nc1ccc(Cl)cc1. The number of thiazole rings is 1. The summed E-state index contributed by atoms with van der Waals surface area (Å²) in [6.45, 7) is -0.211. The quantitative estimate of drug-likeness (QED) is 0.219. The van der Waals surface area contributed by atoms with E-state index in [1.54, 1.807) is 48.2 Å².